The van der Waals surface area contributed by atoms with E-state index in [4.69, 9.17) is 10.5 Å². The smallest absolute Gasteiger partial charge is 0.205 e. The molecule has 5 nitrogen and oxygen atoms in total. The Labute approximate surface area is 126 Å². The van der Waals surface area contributed by atoms with E-state index in [1.54, 1.807) is 6.20 Å². The molecular weight excluding hydrogens is 276 g/mol. The fourth-order valence-corrected chi connectivity index (χ4v) is 2.88. The minimum atomic E-state index is -0.239. The first-order valence-corrected chi connectivity index (χ1v) is 6.87. The highest BCUT2D eigenvalue weighted by Gasteiger charge is 2.32. The van der Waals surface area contributed by atoms with Gasteiger partial charge in [0.25, 0.3) is 0 Å². The Morgan fingerprint density at radius 3 is 2.77 bits per heavy atom. The van der Waals surface area contributed by atoms with E-state index in [-0.39, 0.29) is 11.8 Å². The number of rotatable bonds is 1. The molecule has 0 fully saturated rings. The normalized spacial score (nSPS) is 17.0. The summed E-state index contributed by atoms with van der Waals surface area (Å²) in [4.78, 5) is 4.32. The first-order chi connectivity index (χ1) is 10.8. The Hall–Kier alpha value is -3.26. The number of benzene rings is 1. The van der Waals surface area contributed by atoms with Crippen LogP contribution >= 0.6 is 0 Å². The van der Waals surface area contributed by atoms with Crippen LogP contribution in [0.25, 0.3) is 5.65 Å². The molecule has 2 aromatic heterocycles. The minimum absolute atomic E-state index is 0.139. The van der Waals surface area contributed by atoms with Crippen molar-refractivity contribution >= 4 is 5.65 Å². The molecule has 0 bridgehead atoms. The standard InChI is InChI=1S/C17H12N4O/c18-10-13-14(11-4-2-1-3-5-11)12-6-8-21-9-7-20-17(21)15(12)22-16(13)19/h1-9,14H,19H2. The number of hydrogen-bond acceptors (Lipinski definition) is 4. The van der Waals surface area contributed by atoms with Gasteiger partial charge in [0.05, 0.1) is 5.92 Å². The van der Waals surface area contributed by atoms with Gasteiger partial charge >= 0.3 is 0 Å². The average Bonchev–Trinajstić information content (AvgIpc) is 3.03. The van der Waals surface area contributed by atoms with Crippen molar-refractivity contribution in [2.75, 3.05) is 0 Å². The molecular formula is C17H12N4O. The maximum Gasteiger partial charge on any atom is 0.205 e. The topological polar surface area (TPSA) is 76.3 Å². The molecule has 1 unspecified atom stereocenters. The molecule has 1 aromatic carbocycles. The third-order valence-electron chi connectivity index (χ3n) is 3.88. The second kappa shape index (κ2) is 4.64. The lowest BCUT2D eigenvalue weighted by Gasteiger charge is -2.26. The summed E-state index contributed by atoms with van der Waals surface area (Å²) in [6.07, 6.45) is 5.46. The summed E-state index contributed by atoms with van der Waals surface area (Å²) in [5.74, 6) is 0.509. The van der Waals surface area contributed by atoms with Gasteiger partial charge in [-0.2, -0.15) is 5.26 Å². The number of pyridine rings is 1. The van der Waals surface area contributed by atoms with E-state index in [2.05, 4.69) is 11.1 Å². The molecule has 0 spiro atoms. The molecule has 1 aliphatic rings. The van der Waals surface area contributed by atoms with E-state index in [0.29, 0.717) is 17.0 Å². The van der Waals surface area contributed by atoms with Gasteiger partial charge in [-0.25, -0.2) is 4.98 Å². The van der Waals surface area contributed by atoms with Crippen LogP contribution in [-0.4, -0.2) is 9.38 Å². The number of aromatic nitrogens is 2. The second-order valence-corrected chi connectivity index (χ2v) is 5.09. The van der Waals surface area contributed by atoms with Crippen molar-refractivity contribution < 1.29 is 4.74 Å². The lowest BCUT2D eigenvalue weighted by atomic mass is 9.84. The number of nitrogens with zero attached hydrogens (tertiary/aromatic N) is 3. The van der Waals surface area contributed by atoms with Crippen LogP contribution in [0.15, 0.2) is 66.4 Å². The van der Waals surface area contributed by atoms with Gasteiger partial charge in [-0.3, -0.25) is 0 Å². The largest absolute Gasteiger partial charge is 0.436 e. The van der Waals surface area contributed by atoms with Gasteiger partial charge in [0.2, 0.25) is 5.88 Å². The maximum absolute atomic E-state index is 9.50. The Morgan fingerprint density at radius 1 is 1.18 bits per heavy atom. The molecule has 3 heterocycles. The number of allylic oxidation sites excluding steroid dienone is 1. The monoisotopic (exact) mass is 288 g/mol. The van der Waals surface area contributed by atoms with Gasteiger partial charge in [-0.15, -0.1) is 0 Å². The van der Waals surface area contributed by atoms with Crippen LogP contribution in [0, 0.1) is 11.3 Å². The molecule has 2 N–H and O–H groups in total. The first-order valence-electron chi connectivity index (χ1n) is 6.87. The van der Waals surface area contributed by atoms with Crippen molar-refractivity contribution in [1.82, 2.24) is 9.38 Å². The summed E-state index contributed by atoms with van der Waals surface area (Å²) < 4.78 is 7.58. The number of fused-ring (bicyclic) bond motifs is 3. The SMILES string of the molecule is N#CC1=C(N)Oc2c(ccn3ccnc23)C1c1ccccc1. The van der Waals surface area contributed by atoms with Gasteiger partial charge in [-0.1, -0.05) is 30.3 Å². The molecule has 3 aromatic rings. The zero-order valence-corrected chi connectivity index (χ0v) is 11.6. The Balaban J connectivity index is 2.02. The van der Waals surface area contributed by atoms with Gasteiger partial charge in [0.15, 0.2) is 11.4 Å². The van der Waals surface area contributed by atoms with Crippen LogP contribution in [0.4, 0.5) is 0 Å². The number of nitrogens with two attached hydrogens (primary N) is 1. The van der Waals surface area contributed by atoms with E-state index in [0.717, 1.165) is 11.1 Å². The predicted molar refractivity (Wildman–Crippen MR) is 80.9 cm³/mol. The molecule has 22 heavy (non-hydrogen) atoms. The number of nitriles is 1. The number of imidazole rings is 1. The Morgan fingerprint density at radius 2 is 2.00 bits per heavy atom. The summed E-state index contributed by atoms with van der Waals surface area (Å²) in [6, 6.07) is 14.0. The highest BCUT2D eigenvalue weighted by atomic mass is 16.5. The number of hydrogen-bond donors (Lipinski definition) is 1. The van der Waals surface area contributed by atoms with Crippen molar-refractivity contribution in [2.24, 2.45) is 5.73 Å². The van der Waals surface area contributed by atoms with E-state index < -0.39 is 0 Å². The zero-order chi connectivity index (χ0) is 15.1. The van der Waals surface area contributed by atoms with Crippen LogP contribution in [-0.2, 0) is 0 Å². The maximum atomic E-state index is 9.50. The molecule has 5 heteroatoms. The van der Waals surface area contributed by atoms with Crippen LogP contribution in [0.3, 0.4) is 0 Å². The Kier molecular flexibility index (Phi) is 2.63. The Bertz CT molecular complexity index is 934. The number of ether oxygens (including phenoxy) is 1. The fourth-order valence-electron chi connectivity index (χ4n) is 2.88. The molecule has 1 aliphatic heterocycles. The second-order valence-electron chi connectivity index (χ2n) is 5.09. The van der Waals surface area contributed by atoms with Crippen molar-refractivity contribution in [3.8, 4) is 11.8 Å². The van der Waals surface area contributed by atoms with Crippen LogP contribution in [0.5, 0.6) is 5.75 Å². The van der Waals surface area contributed by atoms with Crippen LogP contribution < -0.4 is 10.5 Å². The van der Waals surface area contributed by atoms with Gasteiger partial charge in [0.1, 0.15) is 11.6 Å². The van der Waals surface area contributed by atoms with E-state index >= 15 is 0 Å². The van der Waals surface area contributed by atoms with Crippen LogP contribution in [0.2, 0.25) is 0 Å². The third-order valence-corrected chi connectivity index (χ3v) is 3.88. The van der Waals surface area contributed by atoms with Gasteiger partial charge < -0.3 is 14.9 Å². The lowest BCUT2D eigenvalue weighted by molar-refractivity contribution is 0.395. The quantitative estimate of drug-likeness (QED) is 0.746. The summed E-state index contributed by atoms with van der Waals surface area (Å²) in [5.41, 5.74) is 9.01. The molecule has 4 rings (SSSR count). The zero-order valence-electron chi connectivity index (χ0n) is 11.6. The van der Waals surface area contributed by atoms with Crippen molar-refractivity contribution in [1.29, 1.82) is 5.26 Å². The summed E-state index contributed by atoms with van der Waals surface area (Å²) in [5, 5.41) is 9.50. The van der Waals surface area contributed by atoms with E-state index in [9.17, 15) is 5.26 Å². The van der Waals surface area contributed by atoms with Gasteiger partial charge in [0, 0.05) is 24.2 Å². The van der Waals surface area contributed by atoms with Crippen molar-refractivity contribution in [3.05, 3.63) is 77.6 Å². The van der Waals surface area contributed by atoms with Crippen LogP contribution in [0.1, 0.15) is 17.0 Å². The van der Waals surface area contributed by atoms with Crippen molar-refractivity contribution in [2.45, 2.75) is 5.92 Å². The molecule has 0 saturated heterocycles. The molecule has 0 amide bonds. The molecule has 0 aliphatic carbocycles. The lowest BCUT2D eigenvalue weighted by Crippen LogP contribution is -2.21. The molecule has 0 radical (unpaired) electrons. The summed E-state index contributed by atoms with van der Waals surface area (Å²) in [7, 11) is 0. The van der Waals surface area contributed by atoms with Gasteiger partial charge in [-0.05, 0) is 11.6 Å². The summed E-state index contributed by atoms with van der Waals surface area (Å²) >= 11 is 0. The van der Waals surface area contributed by atoms with E-state index in [1.165, 1.54) is 0 Å². The minimum Gasteiger partial charge on any atom is -0.436 e. The molecule has 1 atom stereocenters. The highest BCUT2D eigenvalue weighted by Crippen LogP contribution is 2.43. The fraction of sp³-hybridized carbons (Fsp3) is 0.0588. The first kappa shape index (κ1) is 12.5. The predicted octanol–water partition coefficient (Wildman–Crippen LogP) is 2.55. The highest BCUT2D eigenvalue weighted by molar-refractivity contribution is 5.65. The van der Waals surface area contributed by atoms with E-state index in [1.807, 2.05) is 53.2 Å². The third kappa shape index (κ3) is 1.68. The average molecular weight is 288 g/mol. The molecule has 106 valence electrons. The van der Waals surface area contributed by atoms with Crippen molar-refractivity contribution in [3.63, 3.8) is 0 Å². The summed E-state index contributed by atoms with van der Waals surface area (Å²) in [6.45, 7) is 0. The molecule has 0 saturated carbocycles.